The van der Waals surface area contributed by atoms with Crippen molar-refractivity contribution in [3.8, 4) is 0 Å². The van der Waals surface area contributed by atoms with E-state index in [0.29, 0.717) is 37.2 Å². The number of Topliss-reactive ketones (excluding diaryl/α,β-unsaturated/α-hetero) is 1. The topological polar surface area (TPSA) is 125 Å². The summed E-state index contributed by atoms with van der Waals surface area (Å²) in [4.78, 5) is 31.0. The number of carbonyl (C=O) groups is 2. The average Bonchev–Trinajstić information content (AvgIpc) is 3.22. The molecule has 4 rings (SSSR count). The number of sulfonamides is 1. The first-order valence-corrected chi connectivity index (χ1v) is 12.1. The number of amides is 1. The Morgan fingerprint density at radius 1 is 1.09 bits per heavy atom. The molecule has 1 aliphatic heterocycles. The van der Waals surface area contributed by atoms with Gasteiger partial charge in [-0.2, -0.15) is 0 Å². The largest absolute Gasteiger partial charge is 0.360 e. The van der Waals surface area contributed by atoms with Crippen molar-refractivity contribution in [2.75, 3.05) is 18.4 Å². The number of aromatic amines is 1. The van der Waals surface area contributed by atoms with Crippen LogP contribution in [0.5, 0.6) is 0 Å². The number of rotatable bonds is 6. The highest BCUT2D eigenvalue weighted by atomic mass is 32.2. The van der Waals surface area contributed by atoms with Gasteiger partial charge in [0, 0.05) is 34.3 Å². The highest BCUT2D eigenvalue weighted by molar-refractivity contribution is 7.89. The lowest BCUT2D eigenvalue weighted by molar-refractivity contribution is -0.121. The molecule has 3 aromatic rings. The Morgan fingerprint density at radius 2 is 1.75 bits per heavy atom. The third-order valence-electron chi connectivity index (χ3n) is 6.13. The molecule has 0 spiro atoms. The number of H-pyrrole nitrogens is 1. The number of benzene rings is 2. The van der Waals surface area contributed by atoms with Crippen LogP contribution in [0.4, 0.5) is 5.69 Å². The van der Waals surface area contributed by atoms with Crippen LogP contribution in [0.25, 0.3) is 10.9 Å². The van der Waals surface area contributed by atoms with E-state index < -0.39 is 10.0 Å². The SMILES string of the molecule is CC(C(=O)c1c[nH]c2ccccc12)N1CCC(C(=O)Nc2ccc(S(N)(=O)=O)cc2)CC1. The van der Waals surface area contributed by atoms with Crippen LogP contribution in [0.15, 0.2) is 59.6 Å². The van der Waals surface area contributed by atoms with Crippen LogP contribution in [-0.2, 0) is 14.8 Å². The third kappa shape index (κ3) is 4.59. The molecule has 0 bridgehead atoms. The summed E-state index contributed by atoms with van der Waals surface area (Å²) in [5, 5.41) is 8.85. The Balaban J connectivity index is 1.34. The van der Waals surface area contributed by atoms with E-state index in [2.05, 4.69) is 15.2 Å². The first kappa shape index (κ1) is 22.2. The lowest BCUT2D eigenvalue weighted by Gasteiger charge is -2.34. The van der Waals surface area contributed by atoms with Gasteiger partial charge in [0.2, 0.25) is 15.9 Å². The number of hydrogen-bond acceptors (Lipinski definition) is 5. The number of carbonyl (C=O) groups excluding carboxylic acids is 2. The van der Waals surface area contributed by atoms with Gasteiger partial charge in [0.1, 0.15) is 0 Å². The Bertz CT molecular complexity index is 1240. The van der Waals surface area contributed by atoms with Crippen LogP contribution in [0.2, 0.25) is 0 Å². The highest BCUT2D eigenvalue weighted by Gasteiger charge is 2.31. The van der Waals surface area contributed by atoms with E-state index in [1.165, 1.54) is 24.3 Å². The van der Waals surface area contributed by atoms with Gasteiger partial charge >= 0.3 is 0 Å². The fourth-order valence-electron chi connectivity index (χ4n) is 4.19. The molecule has 2 heterocycles. The molecule has 1 aliphatic rings. The molecule has 1 unspecified atom stereocenters. The van der Waals surface area contributed by atoms with E-state index in [9.17, 15) is 18.0 Å². The molecule has 4 N–H and O–H groups in total. The minimum atomic E-state index is -3.77. The number of nitrogens with one attached hydrogen (secondary N) is 2. The molecule has 1 atom stereocenters. The van der Waals surface area contributed by atoms with Crippen LogP contribution in [0.3, 0.4) is 0 Å². The maximum absolute atomic E-state index is 13.1. The quantitative estimate of drug-likeness (QED) is 0.494. The zero-order valence-corrected chi connectivity index (χ0v) is 18.6. The van der Waals surface area contributed by atoms with Gasteiger partial charge in [0.05, 0.1) is 10.9 Å². The predicted molar refractivity (Wildman–Crippen MR) is 123 cm³/mol. The second-order valence-electron chi connectivity index (χ2n) is 8.16. The fourth-order valence-corrected chi connectivity index (χ4v) is 4.70. The number of piperidine rings is 1. The number of primary sulfonamides is 1. The molecule has 1 aromatic heterocycles. The van der Waals surface area contributed by atoms with E-state index in [1.54, 1.807) is 6.20 Å². The molecule has 32 heavy (non-hydrogen) atoms. The van der Waals surface area contributed by atoms with Crippen LogP contribution >= 0.6 is 0 Å². The normalized spacial score (nSPS) is 16.7. The summed E-state index contributed by atoms with van der Waals surface area (Å²) in [6, 6.07) is 13.2. The van der Waals surface area contributed by atoms with Crippen LogP contribution < -0.4 is 10.5 Å². The van der Waals surface area contributed by atoms with Gasteiger partial charge < -0.3 is 10.3 Å². The molecule has 9 heteroatoms. The van der Waals surface area contributed by atoms with Gasteiger partial charge in [0.15, 0.2) is 5.78 Å². The van der Waals surface area contributed by atoms with Gasteiger partial charge in [-0.1, -0.05) is 18.2 Å². The third-order valence-corrected chi connectivity index (χ3v) is 7.06. The van der Waals surface area contributed by atoms with Crippen molar-refractivity contribution in [3.63, 3.8) is 0 Å². The number of ketones is 1. The number of likely N-dealkylation sites (tertiary alicyclic amines) is 1. The van der Waals surface area contributed by atoms with Gasteiger partial charge in [-0.05, 0) is 63.2 Å². The van der Waals surface area contributed by atoms with Crippen molar-refractivity contribution in [2.45, 2.75) is 30.7 Å². The summed E-state index contributed by atoms with van der Waals surface area (Å²) in [6.45, 7) is 3.22. The monoisotopic (exact) mass is 454 g/mol. The van der Waals surface area contributed by atoms with Gasteiger partial charge in [-0.15, -0.1) is 0 Å². The molecule has 1 fully saturated rings. The second-order valence-corrected chi connectivity index (χ2v) is 9.72. The maximum atomic E-state index is 13.1. The number of nitrogens with two attached hydrogens (primary N) is 1. The molecule has 0 saturated carbocycles. The van der Waals surface area contributed by atoms with Crippen molar-refractivity contribution >= 4 is 38.3 Å². The van der Waals surface area contributed by atoms with Gasteiger partial charge in [-0.25, -0.2) is 13.6 Å². The lowest BCUT2D eigenvalue weighted by Crippen LogP contribution is -2.45. The summed E-state index contributed by atoms with van der Waals surface area (Å²) >= 11 is 0. The summed E-state index contributed by atoms with van der Waals surface area (Å²) in [5.74, 6) is -0.205. The van der Waals surface area contributed by atoms with E-state index in [0.717, 1.165) is 10.9 Å². The number of nitrogens with zero attached hydrogens (tertiary/aromatic N) is 1. The maximum Gasteiger partial charge on any atom is 0.238 e. The first-order chi connectivity index (χ1) is 15.2. The average molecular weight is 455 g/mol. The summed E-state index contributed by atoms with van der Waals surface area (Å²) in [5.41, 5.74) is 2.15. The van der Waals surface area contributed by atoms with Gasteiger partial charge in [0.25, 0.3) is 0 Å². The number of anilines is 1. The molecule has 0 aliphatic carbocycles. The molecular weight excluding hydrogens is 428 g/mol. The molecule has 1 saturated heterocycles. The summed E-state index contributed by atoms with van der Waals surface area (Å²) < 4.78 is 22.7. The van der Waals surface area contributed by atoms with Crippen molar-refractivity contribution in [2.24, 2.45) is 11.1 Å². The minimum absolute atomic E-state index is 0.00216. The zero-order valence-electron chi connectivity index (χ0n) is 17.7. The van der Waals surface area contributed by atoms with Crippen molar-refractivity contribution in [3.05, 3.63) is 60.3 Å². The number of aromatic nitrogens is 1. The van der Waals surface area contributed by atoms with E-state index in [1.807, 2.05) is 31.2 Å². The van der Waals surface area contributed by atoms with Crippen molar-refractivity contribution < 1.29 is 18.0 Å². The second kappa shape index (κ2) is 8.85. The van der Waals surface area contributed by atoms with Crippen molar-refractivity contribution in [1.82, 2.24) is 9.88 Å². The Morgan fingerprint density at radius 3 is 2.41 bits per heavy atom. The number of para-hydroxylation sites is 1. The Kier molecular flexibility index (Phi) is 6.14. The highest BCUT2D eigenvalue weighted by Crippen LogP contribution is 2.25. The molecule has 1 amide bonds. The molecular formula is C23H26N4O4S. The molecule has 168 valence electrons. The van der Waals surface area contributed by atoms with Crippen LogP contribution in [0.1, 0.15) is 30.1 Å². The zero-order chi connectivity index (χ0) is 22.9. The number of fused-ring (bicyclic) bond motifs is 1. The number of hydrogen-bond donors (Lipinski definition) is 3. The molecule has 0 radical (unpaired) electrons. The molecule has 8 nitrogen and oxygen atoms in total. The minimum Gasteiger partial charge on any atom is -0.360 e. The Hall–Kier alpha value is -3.01. The van der Waals surface area contributed by atoms with Crippen LogP contribution in [-0.4, -0.2) is 49.1 Å². The lowest BCUT2D eigenvalue weighted by atomic mass is 9.93. The standard InChI is InChI=1S/C23H26N4O4S/c1-15(22(28)20-14-25-21-5-3-2-4-19(20)21)27-12-10-16(11-13-27)23(29)26-17-6-8-18(9-7-17)32(24,30)31/h2-9,14-16,25H,10-13H2,1H3,(H,26,29)(H2,24,30,31). The van der Waals surface area contributed by atoms with Crippen LogP contribution in [0, 0.1) is 5.92 Å². The smallest absolute Gasteiger partial charge is 0.238 e. The molecule has 2 aromatic carbocycles. The van der Waals surface area contributed by atoms with Crippen molar-refractivity contribution in [1.29, 1.82) is 0 Å². The Labute approximate surface area is 186 Å². The summed E-state index contributed by atoms with van der Waals surface area (Å²) in [7, 11) is -3.77. The van der Waals surface area contributed by atoms with Gasteiger partial charge in [-0.3, -0.25) is 14.5 Å². The van der Waals surface area contributed by atoms with E-state index >= 15 is 0 Å². The first-order valence-electron chi connectivity index (χ1n) is 10.5. The predicted octanol–water partition coefficient (Wildman–Crippen LogP) is 2.74. The summed E-state index contributed by atoms with van der Waals surface area (Å²) in [6.07, 6.45) is 3.06. The van der Waals surface area contributed by atoms with E-state index in [4.69, 9.17) is 5.14 Å². The van der Waals surface area contributed by atoms with E-state index in [-0.39, 0.29) is 28.5 Å². The fraction of sp³-hybridized carbons (Fsp3) is 0.304.